The Bertz CT molecular complexity index is 381. The predicted molar refractivity (Wildman–Crippen MR) is 65.8 cm³/mol. The lowest BCUT2D eigenvalue weighted by Gasteiger charge is -2.19. The van der Waals surface area contributed by atoms with Crippen molar-refractivity contribution in [3.05, 3.63) is 35.6 Å². The minimum Gasteiger partial charge on any atom is -0.341 e. The standard InChI is InChI=1S/C13H19FN2O/c1-3-12(15)8-13(17)16(2)9-10-5-4-6-11(14)7-10/h4-7,12H,3,8-9,15H2,1-2H3. The van der Waals surface area contributed by atoms with Crippen molar-refractivity contribution in [2.24, 2.45) is 5.73 Å². The first kappa shape index (κ1) is 13.6. The molecule has 0 bridgehead atoms. The Hall–Kier alpha value is -1.42. The van der Waals surface area contributed by atoms with Gasteiger partial charge in [-0.05, 0) is 24.1 Å². The highest BCUT2D eigenvalue weighted by Crippen LogP contribution is 2.08. The number of nitrogens with zero attached hydrogens (tertiary/aromatic N) is 1. The maximum atomic E-state index is 13.0. The topological polar surface area (TPSA) is 46.3 Å². The lowest BCUT2D eigenvalue weighted by atomic mass is 10.1. The summed E-state index contributed by atoms with van der Waals surface area (Å²) in [5.41, 5.74) is 6.50. The molecule has 0 radical (unpaired) electrons. The van der Waals surface area contributed by atoms with Gasteiger partial charge in [-0.1, -0.05) is 19.1 Å². The van der Waals surface area contributed by atoms with Crippen LogP contribution in [0.5, 0.6) is 0 Å². The fourth-order valence-electron chi connectivity index (χ4n) is 1.52. The van der Waals surface area contributed by atoms with E-state index in [1.165, 1.54) is 12.1 Å². The molecule has 1 amide bonds. The number of carbonyl (C=O) groups excluding carboxylic acids is 1. The molecule has 0 aliphatic heterocycles. The third kappa shape index (κ3) is 4.53. The van der Waals surface area contributed by atoms with Crippen LogP contribution in [0.15, 0.2) is 24.3 Å². The third-order valence-electron chi connectivity index (χ3n) is 2.70. The summed E-state index contributed by atoms with van der Waals surface area (Å²) in [5, 5.41) is 0. The number of amides is 1. The van der Waals surface area contributed by atoms with Gasteiger partial charge >= 0.3 is 0 Å². The van der Waals surface area contributed by atoms with Crippen LogP contribution in [0, 0.1) is 5.82 Å². The number of rotatable bonds is 5. The summed E-state index contributed by atoms with van der Waals surface area (Å²) in [6.45, 7) is 2.36. The first-order chi connectivity index (χ1) is 8.02. The van der Waals surface area contributed by atoms with E-state index in [4.69, 9.17) is 5.73 Å². The number of carbonyl (C=O) groups is 1. The van der Waals surface area contributed by atoms with Crippen molar-refractivity contribution < 1.29 is 9.18 Å². The zero-order valence-electron chi connectivity index (χ0n) is 10.3. The predicted octanol–water partition coefficient (Wildman–Crippen LogP) is 1.91. The molecule has 1 aromatic carbocycles. The van der Waals surface area contributed by atoms with Crippen molar-refractivity contribution in [2.75, 3.05) is 7.05 Å². The van der Waals surface area contributed by atoms with Crippen molar-refractivity contribution >= 4 is 5.91 Å². The van der Waals surface area contributed by atoms with Crippen LogP contribution >= 0.6 is 0 Å². The van der Waals surface area contributed by atoms with Gasteiger partial charge < -0.3 is 10.6 Å². The summed E-state index contributed by atoms with van der Waals surface area (Å²) >= 11 is 0. The lowest BCUT2D eigenvalue weighted by molar-refractivity contribution is -0.130. The Kier molecular flexibility index (Phi) is 5.10. The maximum absolute atomic E-state index is 13.0. The molecule has 0 spiro atoms. The average Bonchev–Trinajstić information content (AvgIpc) is 2.28. The molecule has 0 fully saturated rings. The second-order valence-electron chi connectivity index (χ2n) is 4.25. The molecule has 0 saturated heterocycles. The monoisotopic (exact) mass is 238 g/mol. The molecule has 1 aromatic rings. The molecule has 0 aliphatic carbocycles. The fraction of sp³-hybridized carbons (Fsp3) is 0.462. The molecule has 0 aromatic heterocycles. The quantitative estimate of drug-likeness (QED) is 0.851. The molecule has 2 N–H and O–H groups in total. The van der Waals surface area contributed by atoms with Crippen LogP contribution in [-0.2, 0) is 11.3 Å². The first-order valence-corrected chi connectivity index (χ1v) is 5.77. The maximum Gasteiger partial charge on any atom is 0.224 e. The summed E-state index contributed by atoms with van der Waals surface area (Å²) in [5.74, 6) is -0.294. The highest BCUT2D eigenvalue weighted by molar-refractivity contribution is 5.76. The number of hydrogen-bond acceptors (Lipinski definition) is 2. The Balaban J connectivity index is 2.54. The van der Waals surface area contributed by atoms with Crippen LogP contribution in [-0.4, -0.2) is 23.9 Å². The van der Waals surface area contributed by atoms with E-state index in [2.05, 4.69) is 0 Å². The van der Waals surface area contributed by atoms with Crippen LogP contribution in [0.1, 0.15) is 25.3 Å². The minimum absolute atomic E-state index is 0.0105. The number of hydrogen-bond donors (Lipinski definition) is 1. The van der Waals surface area contributed by atoms with Gasteiger partial charge in [0, 0.05) is 26.1 Å². The molecule has 1 atom stereocenters. The van der Waals surface area contributed by atoms with E-state index in [1.54, 1.807) is 24.1 Å². The van der Waals surface area contributed by atoms with E-state index in [9.17, 15) is 9.18 Å². The molecule has 0 aliphatic rings. The van der Waals surface area contributed by atoms with Crippen LogP contribution in [0.2, 0.25) is 0 Å². The number of halogens is 1. The number of nitrogens with two attached hydrogens (primary N) is 1. The van der Waals surface area contributed by atoms with Crippen LogP contribution in [0.3, 0.4) is 0 Å². The van der Waals surface area contributed by atoms with Gasteiger partial charge in [0.25, 0.3) is 0 Å². The van der Waals surface area contributed by atoms with Crippen molar-refractivity contribution in [1.82, 2.24) is 4.90 Å². The van der Waals surface area contributed by atoms with Crippen molar-refractivity contribution in [3.8, 4) is 0 Å². The SMILES string of the molecule is CCC(N)CC(=O)N(C)Cc1cccc(F)c1. The number of benzene rings is 1. The molecule has 1 rings (SSSR count). The van der Waals surface area contributed by atoms with Gasteiger partial charge in [-0.15, -0.1) is 0 Å². The van der Waals surface area contributed by atoms with Gasteiger partial charge in [0.1, 0.15) is 5.82 Å². The molecule has 4 heteroatoms. The smallest absolute Gasteiger partial charge is 0.224 e. The molecule has 94 valence electrons. The Morgan fingerprint density at radius 1 is 1.53 bits per heavy atom. The molecular weight excluding hydrogens is 219 g/mol. The zero-order valence-corrected chi connectivity index (χ0v) is 10.3. The average molecular weight is 238 g/mol. The molecule has 0 heterocycles. The molecule has 3 nitrogen and oxygen atoms in total. The van der Waals surface area contributed by atoms with Crippen LogP contribution in [0.4, 0.5) is 4.39 Å². The normalized spacial score (nSPS) is 12.2. The van der Waals surface area contributed by atoms with E-state index < -0.39 is 0 Å². The fourth-order valence-corrected chi connectivity index (χ4v) is 1.52. The second kappa shape index (κ2) is 6.35. The Morgan fingerprint density at radius 3 is 2.82 bits per heavy atom. The van der Waals surface area contributed by atoms with Crippen molar-refractivity contribution in [2.45, 2.75) is 32.4 Å². The summed E-state index contributed by atoms with van der Waals surface area (Å²) in [6.07, 6.45) is 1.11. The zero-order chi connectivity index (χ0) is 12.8. The molecule has 1 unspecified atom stereocenters. The minimum atomic E-state index is -0.284. The van der Waals surface area contributed by atoms with Gasteiger partial charge in [0.2, 0.25) is 5.91 Å². The van der Waals surface area contributed by atoms with Crippen molar-refractivity contribution in [3.63, 3.8) is 0 Å². The highest BCUT2D eigenvalue weighted by Gasteiger charge is 2.12. The third-order valence-corrected chi connectivity index (χ3v) is 2.70. The van der Waals surface area contributed by atoms with Gasteiger partial charge in [0.15, 0.2) is 0 Å². The second-order valence-corrected chi connectivity index (χ2v) is 4.25. The van der Waals surface area contributed by atoms with E-state index in [1.807, 2.05) is 6.92 Å². The van der Waals surface area contributed by atoms with Crippen molar-refractivity contribution in [1.29, 1.82) is 0 Å². The van der Waals surface area contributed by atoms with E-state index in [0.717, 1.165) is 12.0 Å². The first-order valence-electron chi connectivity index (χ1n) is 5.77. The van der Waals surface area contributed by atoms with E-state index >= 15 is 0 Å². The van der Waals surface area contributed by atoms with Crippen LogP contribution in [0.25, 0.3) is 0 Å². The summed E-state index contributed by atoms with van der Waals surface area (Å²) < 4.78 is 13.0. The van der Waals surface area contributed by atoms with Gasteiger partial charge in [-0.3, -0.25) is 4.79 Å². The van der Waals surface area contributed by atoms with Gasteiger partial charge in [-0.25, -0.2) is 4.39 Å². The largest absolute Gasteiger partial charge is 0.341 e. The van der Waals surface area contributed by atoms with Crippen LogP contribution < -0.4 is 5.73 Å². The molecule has 17 heavy (non-hydrogen) atoms. The highest BCUT2D eigenvalue weighted by atomic mass is 19.1. The Labute approximate surface area is 101 Å². The Morgan fingerprint density at radius 2 is 2.24 bits per heavy atom. The lowest BCUT2D eigenvalue weighted by Crippen LogP contribution is -2.32. The van der Waals surface area contributed by atoms with E-state index in [0.29, 0.717) is 13.0 Å². The summed E-state index contributed by atoms with van der Waals surface area (Å²) in [7, 11) is 1.70. The summed E-state index contributed by atoms with van der Waals surface area (Å²) in [4.78, 5) is 13.3. The molecular formula is C13H19FN2O. The molecule has 0 saturated carbocycles. The van der Waals surface area contributed by atoms with E-state index in [-0.39, 0.29) is 17.8 Å². The van der Waals surface area contributed by atoms with Gasteiger partial charge in [0.05, 0.1) is 0 Å². The van der Waals surface area contributed by atoms with Gasteiger partial charge in [-0.2, -0.15) is 0 Å². The summed E-state index contributed by atoms with van der Waals surface area (Å²) in [6, 6.07) is 6.16.